The van der Waals surface area contributed by atoms with Crippen LogP contribution in [0.1, 0.15) is 58.3 Å². The number of ketones is 1. The highest BCUT2D eigenvalue weighted by Gasteiger charge is 2.53. The number of nitrogens with one attached hydrogen (secondary N) is 1. The highest BCUT2D eigenvalue weighted by molar-refractivity contribution is 6.11. The van der Waals surface area contributed by atoms with Crippen molar-refractivity contribution >= 4 is 17.7 Å². The number of amides is 3. The van der Waals surface area contributed by atoms with Crippen molar-refractivity contribution in [2.75, 3.05) is 6.54 Å². The number of Topliss-reactive ketones (excluding diaryl/α,β-unsaturated/α-hetero) is 1. The van der Waals surface area contributed by atoms with E-state index < -0.39 is 11.6 Å². The Morgan fingerprint density at radius 1 is 0.931 bits per heavy atom. The number of rotatable bonds is 3. The highest BCUT2D eigenvalue weighted by atomic mass is 16.2. The average molecular weight is 388 g/mol. The first-order chi connectivity index (χ1) is 14.1. The van der Waals surface area contributed by atoms with Crippen LogP contribution in [0.15, 0.2) is 42.5 Å². The summed E-state index contributed by atoms with van der Waals surface area (Å²) in [6.07, 6.45) is 6.46. The quantitative estimate of drug-likeness (QED) is 0.646. The SMILES string of the molecule is O=C(CN1C(=O)N[C@]2(CCCCc3ccccc32)C1=O)c1ccc2c(c1)CCC2. The van der Waals surface area contributed by atoms with Gasteiger partial charge < -0.3 is 5.32 Å². The number of nitrogens with zero attached hydrogens (tertiary/aromatic N) is 1. The van der Waals surface area contributed by atoms with Crippen LogP contribution < -0.4 is 5.32 Å². The summed E-state index contributed by atoms with van der Waals surface area (Å²) >= 11 is 0. The molecule has 3 aliphatic rings. The minimum absolute atomic E-state index is 0.192. The first kappa shape index (κ1) is 18.1. The van der Waals surface area contributed by atoms with Crippen molar-refractivity contribution in [1.82, 2.24) is 10.2 Å². The number of imide groups is 1. The van der Waals surface area contributed by atoms with Crippen molar-refractivity contribution in [3.05, 3.63) is 70.3 Å². The molecule has 3 amide bonds. The van der Waals surface area contributed by atoms with Gasteiger partial charge in [-0.15, -0.1) is 0 Å². The van der Waals surface area contributed by atoms with Crippen LogP contribution in [-0.2, 0) is 29.6 Å². The molecular weight excluding hydrogens is 364 g/mol. The topological polar surface area (TPSA) is 66.5 Å². The monoisotopic (exact) mass is 388 g/mol. The number of carbonyl (C=O) groups is 3. The molecule has 1 saturated heterocycles. The molecule has 5 rings (SSSR count). The fourth-order valence-electron chi connectivity index (χ4n) is 5.10. The van der Waals surface area contributed by atoms with Gasteiger partial charge in [0.25, 0.3) is 5.91 Å². The summed E-state index contributed by atoms with van der Waals surface area (Å²) in [6.45, 7) is -0.215. The van der Waals surface area contributed by atoms with E-state index in [2.05, 4.69) is 5.32 Å². The highest BCUT2D eigenvalue weighted by Crippen LogP contribution is 2.39. The Bertz CT molecular complexity index is 1030. The second-order valence-electron chi connectivity index (χ2n) is 8.35. The van der Waals surface area contributed by atoms with Crippen molar-refractivity contribution in [2.24, 2.45) is 0 Å². The van der Waals surface area contributed by atoms with E-state index in [4.69, 9.17) is 0 Å². The van der Waals surface area contributed by atoms with Gasteiger partial charge in [-0.2, -0.15) is 0 Å². The molecule has 5 nitrogen and oxygen atoms in total. The lowest BCUT2D eigenvalue weighted by molar-refractivity contribution is -0.131. The maximum Gasteiger partial charge on any atom is 0.325 e. The number of hydrogen-bond donors (Lipinski definition) is 1. The van der Waals surface area contributed by atoms with Gasteiger partial charge in [0.2, 0.25) is 0 Å². The first-order valence-corrected chi connectivity index (χ1v) is 10.5. The summed E-state index contributed by atoms with van der Waals surface area (Å²) in [4.78, 5) is 40.2. The Morgan fingerprint density at radius 3 is 2.62 bits per heavy atom. The van der Waals surface area contributed by atoms with Crippen LogP contribution in [0.4, 0.5) is 4.79 Å². The van der Waals surface area contributed by atoms with Gasteiger partial charge in [0.1, 0.15) is 5.54 Å². The van der Waals surface area contributed by atoms with Crippen LogP contribution in [0.3, 0.4) is 0 Å². The third kappa shape index (κ3) is 2.87. The second kappa shape index (κ2) is 6.83. The van der Waals surface area contributed by atoms with E-state index >= 15 is 0 Å². The lowest BCUT2D eigenvalue weighted by Crippen LogP contribution is -2.44. The molecule has 2 aromatic carbocycles. The van der Waals surface area contributed by atoms with Gasteiger partial charge in [0.05, 0.1) is 6.54 Å². The summed E-state index contributed by atoms with van der Waals surface area (Å²) < 4.78 is 0. The molecule has 2 aliphatic carbocycles. The zero-order chi connectivity index (χ0) is 20.0. The van der Waals surface area contributed by atoms with E-state index in [1.807, 2.05) is 42.5 Å². The Hall–Kier alpha value is -2.95. The molecule has 5 heteroatoms. The van der Waals surface area contributed by atoms with Gasteiger partial charge in [-0.05, 0) is 73.3 Å². The molecule has 2 aromatic rings. The summed E-state index contributed by atoms with van der Waals surface area (Å²) in [5.41, 5.74) is 4.03. The van der Waals surface area contributed by atoms with E-state index in [-0.39, 0.29) is 18.2 Å². The fraction of sp³-hybridized carbons (Fsp3) is 0.375. The molecule has 0 radical (unpaired) electrons. The van der Waals surface area contributed by atoms with Gasteiger partial charge >= 0.3 is 6.03 Å². The zero-order valence-corrected chi connectivity index (χ0v) is 16.4. The van der Waals surface area contributed by atoms with Crippen LogP contribution >= 0.6 is 0 Å². The van der Waals surface area contributed by atoms with Crippen molar-refractivity contribution in [2.45, 2.75) is 50.5 Å². The molecule has 148 valence electrons. The van der Waals surface area contributed by atoms with E-state index in [1.165, 1.54) is 11.1 Å². The van der Waals surface area contributed by atoms with Crippen LogP contribution in [0.2, 0.25) is 0 Å². The maximum absolute atomic E-state index is 13.5. The lowest BCUT2D eigenvalue weighted by Gasteiger charge is -2.27. The normalized spacial score (nSPS) is 23.0. The number of fused-ring (bicyclic) bond motifs is 3. The third-order valence-electron chi connectivity index (χ3n) is 6.62. The Balaban J connectivity index is 1.43. The Morgan fingerprint density at radius 2 is 1.72 bits per heavy atom. The summed E-state index contributed by atoms with van der Waals surface area (Å²) in [5.74, 6) is -0.492. The van der Waals surface area contributed by atoms with Gasteiger partial charge in [-0.1, -0.05) is 36.4 Å². The van der Waals surface area contributed by atoms with Gasteiger partial charge in [-0.25, -0.2) is 4.79 Å². The van der Waals surface area contributed by atoms with E-state index in [1.54, 1.807) is 0 Å². The minimum atomic E-state index is -1.04. The van der Waals surface area contributed by atoms with E-state index in [0.717, 1.165) is 54.6 Å². The summed E-state index contributed by atoms with van der Waals surface area (Å²) in [7, 11) is 0. The molecule has 1 atom stereocenters. The molecule has 1 fully saturated rings. The van der Waals surface area contributed by atoms with Crippen LogP contribution in [0.25, 0.3) is 0 Å². The molecule has 29 heavy (non-hydrogen) atoms. The van der Waals surface area contributed by atoms with Crippen molar-refractivity contribution in [3.8, 4) is 0 Å². The average Bonchev–Trinajstić information content (AvgIpc) is 3.23. The zero-order valence-electron chi connectivity index (χ0n) is 16.4. The predicted molar refractivity (Wildman–Crippen MR) is 109 cm³/mol. The molecule has 0 saturated carbocycles. The number of benzene rings is 2. The van der Waals surface area contributed by atoms with Crippen molar-refractivity contribution in [3.63, 3.8) is 0 Å². The van der Waals surface area contributed by atoms with Crippen LogP contribution in [-0.4, -0.2) is 29.2 Å². The standard InChI is InChI=1S/C24H24N2O3/c27-21(19-12-11-16-8-5-9-18(16)14-19)15-26-22(28)24(25-23(26)29)13-4-3-7-17-6-1-2-10-20(17)24/h1-2,6,10-12,14H,3-5,7-9,13,15H2,(H,25,29)/t24-/m0/s1. The number of urea groups is 1. The number of aryl methyl sites for hydroxylation is 3. The second-order valence-corrected chi connectivity index (χ2v) is 8.35. The molecule has 1 heterocycles. The number of carbonyl (C=O) groups excluding carboxylic acids is 3. The Labute approximate surface area is 170 Å². The molecule has 1 N–H and O–H groups in total. The van der Waals surface area contributed by atoms with Gasteiger partial charge in [0.15, 0.2) is 5.78 Å². The largest absolute Gasteiger partial charge is 0.325 e. The molecule has 0 bridgehead atoms. The molecule has 0 unspecified atom stereocenters. The van der Waals surface area contributed by atoms with Crippen LogP contribution in [0.5, 0.6) is 0 Å². The molecule has 1 spiro atoms. The summed E-state index contributed by atoms with van der Waals surface area (Å²) in [5, 5.41) is 2.95. The van der Waals surface area contributed by atoms with Gasteiger partial charge in [0, 0.05) is 5.56 Å². The smallest absolute Gasteiger partial charge is 0.319 e. The van der Waals surface area contributed by atoms with Crippen molar-refractivity contribution < 1.29 is 14.4 Å². The minimum Gasteiger partial charge on any atom is -0.319 e. The maximum atomic E-state index is 13.5. The molecule has 1 aliphatic heterocycles. The number of hydrogen-bond acceptors (Lipinski definition) is 3. The molecular formula is C24H24N2O3. The predicted octanol–water partition coefficient (Wildman–Crippen LogP) is 3.53. The van der Waals surface area contributed by atoms with Crippen LogP contribution in [0, 0.1) is 0 Å². The fourth-order valence-corrected chi connectivity index (χ4v) is 5.10. The van der Waals surface area contributed by atoms with Gasteiger partial charge in [-0.3, -0.25) is 14.5 Å². The Kier molecular flexibility index (Phi) is 4.26. The third-order valence-corrected chi connectivity index (χ3v) is 6.62. The molecule has 0 aromatic heterocycles. The van der Waals surface area contributed by atoms with Crippen molar-refractivity contribution in [1.29, 1.82) is 0 Å². The van der Waals surface area contributed by atoms with E-state index in [9.17, 15) is 14.4 Å². The lowest BCUT2D eigenvalue weighted by atomic mass is 9.84. The summed E-state index contributed by atoms with van der Waals surface area (Å²) in [6, 6.07) is 13.1. The van der Waals surface area contributed by atoms with E-state index in [0.29, 0.717) is 12.0 Å². The first-order valence-electron chi connectivity index (χ1n) is 10.5.